The molecule has 10 nitrogen and oxygen atoms in total. The van der Waals surface area contributed by atoms with Crippen LogP contribution in [0.2, 0.25) is 5.02 Å². The molecule has 7 rings (SSSR count). The largest absolute Gasteiger partial charge is 0.451 e. The van der Waals surface area contributed by atoms with Crippen LogP contribution in [0.1, 0.15) is 28.7 Å². The van der Waals surface area contributed by atoms with Crippen molar-refractivity contribution < 1.29 is 22.6 Å². The van der Waals surface area contributed by atoms with Gasteiger partial charge >= 0.3 is 6.18 Å². The second-order valence-electron chi connectivity index (χ2n) is 10.5. The Balaban J connectivity index is 1.35. The lowest BCUT2D eigenvalue weighted by atomic mass is 9.93. The minimum atomic E-state index is -4.74. The number of halogens is 4. The Bertz CT molecular complexity index is 1590. The number of hydrogen-bond acceptors (Lipinski definition) is 9. The maximum atomic E-state index is 14.1. The minimum Gasteiger partial charge on any atom is -0.378 e. The first-order valence-corrected chi connectivity index (χ1v) is 14.2. The van der Waals surface area contributed by atoms with Crippen molar-refractivity contribution in [3.8, 4) is 0 Å². The van der Waals surface area contributed by atoms with Crippen molar-refractivity contribution in [1.29, 1.82) is 0 Å². The maximum absolute atomic E-state index is 14.1. The normalized spacial score (nSPS) is 19.8. The summed E-state index contributed by atoms with van der Waals surface area (Å²) in [6.07, 6.45) is -2.40. The average molecular weight is 601 g/mol. The SMILES string of the molecule is FC(F)(F)c1nc(N2CCOCC2)nc(N2CCc3c([nH]c4ccc(Cl)cc34)[C@@H]2c2ccc(N3CCOCC3)nc2)n1. The topological polar surface area (TPSA) is 95.5 Å². The quantitative estimate of drug-likeness (QED) is 0.369. The summed E-state index contributed by atoms with van der Waals surface area (Å²) in [6, 6.07) is 9.04. The van der Waals surface area contributed by atoms with Crippen LogP contribution in [-0.4, -0.2) is 84.1 Å². The molecule has 0 saturated carbocycles. The molecular formula is C28H28ClF3N8O2. The highest BCUT2D eigenvalue weighted by molar-refractivity contribution is 6.31. The Morgan fingerprint density at radius 3 is 2.26 bits per heavy atom. The molecule has 0 aliphatic carbocycles. The number of aromatic nitrogens is 5. The van der Waals surface area contributed by atoms with E-state index in [0.717, 1.165) is 46.6 Å². The van der Waals surface area contributed by atoms with E-state index in [2.05, 4.69) is 24.8 Å². The molecule has 14 heteroatoms. The number of H-pyrrole nitrogens is 1. The van der Waals surface area contributed by atoms with E-state index in [9.17, 15) is 13.2 Å². The van der Waals surface area contributed by atoms with Crippen LogP contribution in [-0.2, 0) is 22.1 Å². The van der Waals surface area contributed by atoms with Crippen LogP contribution in [0.5, 0.6) is 0 Å². The van der Waals surface area contributed by atoms with Gasteiger partial charge in [-0.3, -0.25) is 0 Å². The van der Waals surface area contributed by atoms with E-state index in [1.807, 2.05) is 35.2 Å². The van der Waals surface area contributed by atoms with Crippen molar-refractivity contribution in [3.63, 3.8) is 0 Å². The number of benzene rings is 1. The number of hydrogen-bond donors (Lipinski definition) is 1. The van der Waals surface area contributed by atoms with Crippen LogP contribution in [0.15, 0.2) is 36.5 Å². The first-order valence-electron chi connectivity index (χ1n) is 13.9. The second kappa shape index (κ2) is 10.9. The summed E-state index contributed by atoms with van der Waals surface area (Å²) in [5.41, 5.74) is 3.60. The molecule has 42 heavy (non-hydrogen) atoms. The second-order valence-corrected chi connectivity index (χ2v) is 10.9. The number of fused-ring (bicyclic) bond motifs is 3. The molecular weight excluding hydrogens is 573 g/mol. The standard InChI is InChI=1S/C28H28ClF3N8O2/c29-18-2-3-21-20(15-18)19-5-6-40(27-36-25(28(30,31)32)35-26(37-27)39-9-13-42-14-10-39)24(23(19)34-21)17-1-4-22(33-16-17)38-7-11-41-12-8-38/h1-4,15-16,24,34H,5-14H2/t24-/m0/s1. The first-order chi connectivity index (χ1) is 20.3. The zero-order valence-electron chi connectivity index (χ0n) is 22.6. The molecule has 3 aliphatic rings. The Kier molecular flexibility index (Phi) is 7.03. The number of pyridine rings is 1. The molecule has 1 aromatic carbocycles. The summed E-state index contributed by atoms with van der Waals surface area (Å²) in [5, 5.41) is 1.60. The summed E-state index contributed by atoms with van der Waals surface area (Å²) >= 11 is 6.34. The predicted octanol–water partition coefficient (Wildman–Crippen LogP) is 4.25. The molecule has 0 amide bonds. The van der Waals surface area contributed by atoms with Gasteiger partial charge in [0, 0.05) is 60.5 Å². The van der Waals surface area contributed by atoms with E-state index in [1.54, 1.807) is 11.1 Å². The van der Waals surface area contributed by atoms with E-state index in [-0.39, 0.29) is 11.9 Å². The summed E-state index contributed by atoms with van der Waals surface area (Å²) in [5.74, 6) is -0.447. The minimum absolute atomic E-state index is 0.00982. The van der Waals surface area contributed by atoms with Crippen LogP contribution in [0.3, 0.4) is 0 Å². The van der Waals surface area contributed by atoms with Crippen molar-refractivity contribution in [1.82, 2.24) is 24.9 Å². The summed E-state index contributed by atoms with van der Waals surface area (Å²) < 4.78 is 53.1. The van der Waals surface area contributed by atoms with Gasteiger partial charge in [-0.25, -0.2) is 4.98 Å². The maximum Gasteiger partial charge on any atom is 0.451 e. The van der Waals surface area contributed by atoms with Gasteiger partial charge in [0.15, 0.2) is 0 Å². The Morgan fingerprint density at radius 1 is 0.857 bits per heavy atom. The number of anilines is 3. The van der Waals surface area contributed by atoms with Gasteiger partial charge < -0.3 is 29.2 Å². The Labute approximate surface area is 244 Å². The highest BCUT2D eigenvalue weighted by atomic mass is 35.5. The number of alkyl halides is 3. The highest BCUT2D eigenvalue weighted by Gasteiger charge is 2.39. The molecule has 3 aliphatic heterocycles. The number of morpholine rings is 2. The third-order valence-electron chi connectivity index (χ3n) is 7.93. The molecule has 2 fully saturated rings. The van der Waals surface area contributed by atoms with Crippen molar-refractivity contribution in [2.75, 3.05) is 73.9 Å². The van der Waals surface area contributed by atoms with Gasteiger partial charge in [-0.05, 0) is 41.8 Å². The molecule has 1 N–H and O–H groups in total. The zero-order valence-corrected chi connectivity index (χ0v) is 23.3. The fraction of sp³-hybridized carbons (Fsp3) is 0.429. The molecule has 2 saturated heterocycles. The van der Waals surface area contributed by atoms with Gasteiger partial charge in [0.25, 0.3) is 0 Å². The van der Waals surface area contributed by atoms with Crippen LogP contribution in [0, 0.1) is 0 Å². The third kappa shape index (κ3) is 5.09. The third-order valence-corrected chi connectivity index (χ3v) is 8.16. The van der Waals surface area contributed by atoms with Gasteiger partial charge in [0.1, 0.15) is 5.82 Å². The summed E-state index contributed by atoms with van der Waals surface area (Å²) in [4.78, 5) is 26.3. The van der Waals surface area contributed by atoms with E-state index in [0.29, 0.717) is 57.5 Å². The molecule has 0 bridgehead atoms. The van der Waals surface area contributed by atoms with Gasteiger partial charge in [0.2, 0.25) is 17.7 Å². The van der Waals surface area contributed by atoms with Crippen molar-refractivity contribution in [3.05, 3.63) is 64.2 Å². The number of nitrogens with zero attached hydrogens (tertiary/aromatic N) is 7. The molecule has 0 unspecified atom stereocenters. The summed E-state index contributed by atoms with van der Waals surface area (Å²) in [7, 11) is 0. The van der Waals surface area contributed by atoms with Crippen molar-refractivity contribution in [2.45, 2.75) is 18.6 Å². The Morgan fingerprint density at radius 2 is 1.57 bits per heavy atom. The van der Waals surface area contributed by atoms with E-state index < -0.39 is 18.0 Å². The molecule has 0 spiro atoms. The summed E-state index contributed by atoms with van der Waals surface area (Å²) in [6.45, 7) is 4.68. The fourth-order valence-electron chi connectivity index (χ4n) is 5.88. The van der Waals surface area contributed by atoms with E-state index >= 15 is 0 Å². The number of rotatable bonds is 4. The monoisotopic (exact) mass is 600 g/mol. The highest BCUT2D eigenvalue weighted by Crippen LogP contribution is 2.41. The fourth-order valence-corrected chi connectivity index (χ4v) is 6.05. The lowest BCUT2D eigenvalue weighted by Crippen LogP contribution is -2.40. The van der Waals surface area contributed by atoms with E-state index in [1.165, 1.54) is 0 Å². The van der Waals surface area contributed by atoms with Gasteiger partial charge in [-0.1, -0.05) is 17.7 Å². The molecule has 0 radical (unpaired) electrons. The molecule has 3 aromatic heterocycles. The lowest BCUT2D eigenvalue weighted by molar-refractivity contribution is -0.145. The van der Waals surface area contributed by atoms with Crippen LogP contribution in [0.4, 0.5) is 30.9 Å². The van der Waals surface area contributed by atoms with Crippen molar-refractivity contribution >= 4 is 40.2 Å². The zero-order chi connectivity index (χ0) is 28.8. The van der Waals surface area contributed by atoms with Gasteiger partial charge in [-0.15, -0.1) is 0 Å². The van der Waals surface area contributed by atoms with Crippen LogP contribution < -0.4 is 14.7 Å². The smallest absolute Gasteiger partial charge is 0.378 e. The predicted molar refractivity (Wildman–Crippen MR) is 151 cm³/mol. The van der Waals surface area contributed by atoms with Gasteiger partial charge in [-0.2, -0.15) is 28.1 Å². The number of aromatic amines is 1. The molecule has 220 valence electrons. The molecule has 1 atom stereocenters. The number of nitrogens with one attached hydrogen (secondary N) is 1. The van der Waals surface area contributed by atoms with Crippen LogP contribution in [0.25, 0.3) is 10.9 Å². The molecule has 4 aromatic rings. The average Bonchev–Trinajstić information content (AvgIpc) is 3.39. The number of ether oxygens (including phenoxy) is 2. The van der Waals surface area contributed by atoms with Crippen molar-refractivity contribution in [2.24, 2.45) is 0 Å². The van der Waals surface area contributed by atoms with Crippen LogP contribution >= 0.6 is 11.6 Å². The lowest BCUT2D eigenvalue weighted by Gasteiger charge is -2.37. The van der Waals surface area contributed by atoms with Gasteiger partial charge in [0.05, 0.1) is 32.5 Å². The van der Waals surface area contributed by atoms with E-state index in [4.69, 9.17) is 26.1 Å². The Hall–Kier alpha value is -3.68. The first kappa shape index (κ1) is 27.2. The molecule has 6 heterocycles.